The number of hydrogen-bond donors (Lipinski definition) is 2. The molecular weight excluding hydrogens is 292 g/mol. The summed E-state index contributed by atoms with van der Waals surface area (Å²) < 4.78 is 10.3. The van der Waals surface area contributed by atoms with E-state index in [4.69, 9.17) is 14.9 Å². The van der Waals surface area contributed by atoms with E-state index in [-0.39, 0.29) is 12.3 Å². The van der Waals surface area contributed by atoms with E-state index >= 15 is 0 Å². The molecule has 0 unspecified atom stereocenters. The lowest BCUT2D eigenvalue weighted by Crippen LogP contribution is -2.27. The molecule has 0 spiro atoms. The highest BCUT2D eigenvalue weighted by atomic mass is 16.5. The number of methoxy groups -OCH3 is 1. The van der Waals surface area contributed by atoms with Gasteiger partial charge in [0.05, 0.1) is 12.8 Å². The van der Waals surface area contributed by atoms with E-state index in [0.717, 1.165) is 34.9 Å². The number of rotatable bonds is 7. The topological polar surface area (TPSA) is 71.4 Å². The van der Waals surface area contributed by atoms with Gasteiger partial charge in [0, 0.05) is 6.54 Å². The van der Waals surface area contributed by atoms with Crippen LogP contribution in [0.4, 0.5) is 4.79 Å². The van der Waals surface area contributed by atoms with E-state index in [1.165, 1.54) is 0 Å². The number of alkyl carbamates (subject to hydrolysis) is 1. The van der Waals surface area contributed by atoms with Crippen LogP contribution in [0, 0.1) is 5.41 Å². The number of fused-ring (bicyclic) bond motifs is 1. The average Bonchev–Trinajstić information content (AvgIpc) is 2.58. The molecule has 2 aromatic rings. The Morgan fingerprint density at radius 1 is 1.17 bits per heavy atom. The molecule has 0 bridgehead atoms. The quantitative estimate of drug-likeness (QED) is 0.604. The molecule has 0 aromatic heterocycles. The van der Waals surface area contributed by atoms with Crippen molar-refractivity contribution in [2.45, 2.75) is 19.8 Å². The van der Waals surface area contributed by atoms with Gasteiger partial charge in [0.25, 0.3) is 0 Å². The highest BCUT2D eigenvalue weighted by molar-refractivity contribution is 6.03. The molecule has 5 nitrogen and oxygen atoms in total. The van der Waals surface area contributed by atoms with Crippen LogP contribution in [0.15, 0.2) is 36.4 Å². The minimum absolute atomic E-state index is 0.0420. The molecular formula is C18H22N2O3. The van der Waals surface area contributed by atoms with Gasteiger partial charge in [-0.3, -0.25) is 0 Å². The van der Waals surface area contributed by atoms with Crippen LogP contribution >= 0.6 is 0 Å². The van der Waals surface area contributed by atoms with E-state index in [1.54, 1.807) is 7.11 Å². The normalized spacial score (nSPS) is 10.3. The zero-order valence-corrected chi connectivity index (χ0v) is 13.5. The fourth-order valence-corrected chi connectivity index (χ4v) is 2.18. The lowest BCUT2D eigenvalue weighted by molar-refractivity contribution is 0.161. The Morgan fingerprint density at radius 3 is 2.65 bits per heavy atom. The fraction of sp³-hybridized carbons (Fsp3) is 0.333. The van der Waals surface area contributed by atoms with Crippen LogP contribution in [0.25, 0.3) is 10.8 Å². The maximum absolute atomic E-state index is 11.5. The molecule has 23 heavy (non-hydrogen) atoms. The highest BCUT2D eigenvalue weighted by Crippen LogP contribution is 2.22. The summed E-state index contributed by atoms with van der Waals surface area (Å²) in [6, 6.07) is 11.5. The predicted octanol–water partition coefficient (Wildman–Crippen LogP) is 3.74. The smallest absolute Gasteiger partial charge is 0.407 e. The second kappa shape index (κ2) is 8.17. The van der Waals surface area contributed by atoms with Crippen molar-refractivity contribution in [3.05, 3.63) is 42.0 Å². The largest absolute Gasteiger partial charge is 0.497 e. The molecule has 0 atom stereocenters. The number of unbranched alkanes of at least 4 members (excludes halogenated alkanes) is 1. The summed E-state index contributed by atoms with van der Waals surface area (Å²) in [5.41, 5.74) is 1.01. The van der Waals surface area contributed by atoms with Crippen LogP contribution in [0.3, 0.4) is 0 Å². The van der Waals surface area contributed by atoms with Crippen molar-refractivity contribution in [1.82, 2.24) is 5.32 Å². The summed E-state index contributed by atoms with van der Waals surface area (Å²) in [4.78, 5) is 11.5. The fourth-order valence-electron chi connectivity index (χ4n) is 2.18. The minimum atomic E-state index is -0.478. The van der Waals surface area contributed by atoms with Crippen molar-refractivity contribution in [3.63, 3.8) is 0 Å². The van der Waals surface area contributed by atoms with Crippen molar-refractivity contribution >= 4 is 22.6 Å². The number of benzene rings is 2. The summed E-state index contributed by atoms with van der Waals surface area (Å²) in [6.45, 7) is 2.61. The summed E-state index contributed by atoms with van der Waals surface area (Å²) in [5, 5.41) is 12.8. The molecule has 2 N–H and O–H groups in total. The van der Waals surface area contributed by atoms with E-state index in [2.05, 4.69) is 12.2 Å². The number of carbonyl (C=O) groups is 1. The Hall–Kier alpha value is -2.56. The molecule has 2 rings (SSSR count). The van der Waals surface area contributed by atoms with Gasteiger partial charge in [0.1, 0.15) is 12.4 Å². The van der Waals surface area contributed by atoms with Crippen molar-refractivity contribution < 1.29 is 14.3 Å². The molecule has 5 heteroatoms. The Kier molecular flexibility index (Phi) is 5.97. The SMILES string of the molecule is CCCCNC(=O)OCC(=N)c1ccc2cc(OC)ccc2c1. The minimum Gasteiger partial charge on any atom is -0.497 e. The molecule has 122 valence electrons. The zero-order chi connectivity index (χ0) is 16.7. The van der Waals surface area contributed by atoms with Crippen LogP contribution in [-0.4, -0.2) is 32.1 Å². The highest BCUT2D eigenvalue weighted by Gasteiger charge is 2.07. The van der Waals surface area contributed by atoms with Crippen molar-refractivity contribution in [2.75, 3.05) is 20.3 Å². The Labute approximate surface area is 136 Å². The third kappa shape index (κ3) is 4.71. The third-order valence-corrected chi connectivity index (χ3v) is 3.54. The van der Waals surface area contributed by atoms with Crippen molar-refractivity contribution in [1.29, 1.82) is 5.41 Å². The zero-order valence-electron chi connectivity index (χ0n) is 13.5. The van der Waals surface area contributed by atoms with Crippen LogP contribution in [-0.2, 0) is 4.74 Å². The van der Waals surface area contributed by atoms with Crippen LogP contribution in [0.2, 0.25) is 0 Å². The molecule has 0 heterocycles. The monoisotopic (exact) mass is 314 g/mol. The van der Waals surface area contributed by atoms with Crippen LogP contribution in [0.5, 0.6) is 5.75 Å². The Morgan fingerprint density at radius 2 is 1.91 bits per heavy atom. The standard InChI is InChI=1S/C18H22N2O3/c1-3-4-9-20-18(21)23-12-17(19)15-6-5-14-11-16(22-2)8-7-13(14)10-15/h5-8,10-11,19H,3-4,9,12H2,1-2H3,(H,20,21). The summed E-state index contributed by atoms with van der Waals surface area (Å²) in [6.07, 6.45) is 1.45. The number of hydrogen-bond acceptors (Lipinski definition) is 4. The molecule has 0 aliphatic heterocycles. The molecule has 0 radical (unpaired) electrons. The predicted molar refractivity (Wildman–Crippen MR) is 91.6 cm³/mol. The van der Waals surface area contributed by atoms with E-state index in [1.807, 2.05) is 36.4 Å². The molecule has 1 amide bonds. The number of carbonyl (C=O) groups excluding carboxylic acids is 1. The van der Waals surface area contributed by atoms with Crippen molar-refractivity contribution in [3.8, 4) is 5.75 Å². The van der Waals surface area contributed by atoms with Gasteiger partial charge in [-0.15, -0.1) is 0 Å². The maximum atomic E-state index is 11.5. The van der Waals surface area contributed by atoms with Gasteiger partial charge < -0.3 is 20.2 Å². The Balaban J connectivity index is 1.97. The third-order valence-electron chi connectivity index (χ3n) is 3.54. The molecule has 0 fully saturated rings. The second-order valence-electron chi connectivity index (χ2n) is 5.26. The summed E-state index contributed by atoms with van der Waals surface area (Å²) in [5.74, 6) is 0.799. The van der Waals surface area contributed by atoms with Gasteiger partial charge in [-0.2, -0.15) is 0 Å². The van der Waals surface area contributed by atoms with Gasteiger partial charge in [0.15, 0.2) is 0 Å². The van der Waals surface area contributed by atoms with Gasteiger partial charge in [-0.25, -0.2) is 4.79 Å². The first kappa shape index (κ1) is 16.8. The Bertz CT molecular complexity index is 698. The number of nitrogens with one attached hydrogen (secondary N) is 2. The lowest BCUT2D eigenvalue weighted by atomic mass is 10.0. The van der Waals surface area contributed by atoms with Crippen LogP contribution < -0.4 is 10.1 Å². The van der Waals surface area contributed by atoms with Crippen LogP contribution in [0.1, 0.15) is 25.3 Å². The first-order chi connectivity index (χ1) is 11.1. The molecule has 2 aromatic carbocycles. The van der Waals surface area contributed by atoms with Gasteiger partial charge >= 0.3 is 6.09 Å². The molecule has 0 aliphatic rings. The molecule has 0 saturated heterocycles. The first-order valence-electron chi connectivity index (χ1n) is 7.70. The summed E-state index contributed by atoms with van der Waals surface area (Å²) in [7, 11) is 1.63. The van der Waals surface area contributed by atoms with Crippen molar-refractivity contribution in [2.24, 2.45) is 0 Å². The van der Waals surface area contributed by atoms with E-state index in [0.29, 0.717) is 6.54 Å². The summed E-state index contributed by atoms with van der Waals surface area (Å²) >= 11 is 0. The van der Waals surface area contributed by atoms with E-state index < -0.39 is 6.09 Å². The number of amides is 1. The first-order valence-corrected chi connectivity index (χ1v) is 7.70. The lowest BCUT2D eigenvalue weighted by Gasteiger charge is -2.09. The molecule has 0 aliphatic carbocycles. The van der Waals surface area contributed by atoms with Gasteiger partial charge in [0.2, 0.25) is 0 Å². The van der Waals surface area contributed by atoms with Gasteiger partial charge in [-0.1, -0.05) is 31.5 Å². The number of ether oxygens (including phenoxy) is 2. The van der Waals surface area contributed by atoms with Gasteiger partial charge in [-0.05, 0) is 41.0 Å². The maximum Gasteiger partial charge on any atom is 0.407 e. The van der Waals surface area contributed by atoms with E-state index in [9.17, 15) is 4.79 Å². The second-order valence-corrected chi connectivity index (χ2v) is 5.26. The molecule has 0 saturated carbocycles. The average molecular weight is 314 g/mol.